The van der Waals surface area contributed by atoms with Gasteiger partial charge < -0.3 is 10.4 Å². The maximum atomic E-state index is 12.1. The average Bonchev–Trinajstić information content (AvgIpc) is 2.88. The third kappa shape index (κ3) is 4.13. The molecule has 1 amide bonds. The Bertz CT molecular complexity index is 664. The van der Waals surface area contributed by atoms with Gasteiger partial charge in [-0.25, -0.2) is 4.98 Å². The predicted octanol–water partition coefficient (Wildman–Crippen LogP) is 3.15. The highest BCUT2D eigenvalue weighted by Gasteiger charge is 2.13. The number of carboxylic acid groups (broad SMARTS) is 1. The van der Waals surface area contributed by atoms with Crippen LogP contribution in [0.3, 0.4) is 0 Å². The van der Waals surface area contributed by atoms with Crippen molar-refractivity contribution in [1.29, 1.82) is 0 Å². The lowest BCUT2D eigenvalue weighted by atomic mass is 10.1. The highest BCUT2D eigenvalue weighted by atomic mass is 32.1. The molecule has 0 spiro atoms. The molecule has 0 aliphatic carbocycles. The lowest BCUT2D eigenvalue weighted by Crippen LogP contribution is -2.10. The van der Waals surface area contributed by atoms with E-state index >= 15 is 0 Å². The Balaban J connectivity index is 2.09. The van der Waals surface area contributed by atoms with Crippen LogP contribution in [-0.4, -0.2) is 22.0 Å². The van der Waals surface area contributed by atoms with Crippen molar-refractivity contribution in [1.82, 2.24) is 4.98 Å². The van der Waals surface area contributed by atoms with Crippen molar-refractivity contribution in [2.75, 3.05) is 5.32 Å². The van der Waals surface area contributed by atoms with Crippen LogP contribution in [0.5, 0.6) is 0 Å². The van der Waals surface area contributed by atoms with Crippen LogP contribution in [0.2, 0.25) is 0 Å². The summed E-state index contributed by atoms with van der Waals surface area (Å²) in [4.78, 5) is 27.6. The van der Waals surface area contributed by atoms with Crippen LogP contribution in [0.15, 0.2) is 30.5 Å². The van der Waals surface area contributed by atoms with E-state index in [1.54, 1.807) is 30.5 Å². The van der Waals surface area contributed by atoms with Crippen molar-refractivity contribution in [3.8, 4) is 0 Å². The number of amides is 1. The second-order valence-electron chi connectivity index (χ2n) is 4.94. The Morgan fingerprint density at radius 3 is 2.76 bits per heavy atom. The maximum Gasteiger partial charge on any atom is 0.307 e. The Morgan fingerprint density at radius 2 is 2.14 bits per heavy atom. The van der Waals surface area contributed by atoms with Gasteiger partial charge in [0.1, 0.15) is 4.88 Å². The number of thiazole rings is 1. The Kier molecular flexibility index (Phi) is 4.70. The molecule has 2 rings (SSSR count). The molecular weight excluding hydrogens is 288 g/mol. The highest BCUT2D eigenvalue weighted by Crippen LogP contribution is 2.22. The van der Waals surface area contributed by atoms with E-state index in [2.05, 4.69) is 10.3 Å². The summed E-state index contributed by atoms with van der Waals surface area (Å²) >= 11 is 1.37. The molecule has 1 aromatic carbocycles. The third-order valence-electron chi connectivity index (χ3n) is 2.78. The van der Waals surface area contributed by atoms with Crippen molar-refractivity contribution in [3.05, 3.63) is 45.9 Å². The van der Waals surface area contributed by atoms with Gasteiger partial charge in [-0.1, -0.05) is 26.0 Å². The van der Waals surface area contributed by atoms with Crippen molar-refractivity contribution < 1.29 is 14.7 Å². The molecule has 2 aromatic rings. The molecule has 0 atom stereocenters. The molecule has 6 heteroatoms. The van der Waals surface area contributed by atoms with Gasteiger partial charge in [-0.15, -0.1) is 11.3 Å². The van der Waals surface area contributed by atoms with Crippen LogP contribution >= 0.6 is 11.3 Å². The second-order valence-corrected chi connectivity index (χ2v) is 6.00. The highest BCUT2D eigenvalue weighted by molar-refractivity contribution is 7.13. The topological polar surface area (TPSA) is 79.3 Å². The molecule has 0 saturated carbocycles. The van der Waals surface area contributed by atoms with Crippen molar-refractivity contribution in [3.63, 3.8) is 0 Å². The predicted molar refractivity (Wildman–Crippen MR) is 81.9 cm³/mol. The number of carboxylic acids is 1. The lowest BCUT2D eigenvalue weighted by molar-refractivity contribution is -0.136. The van der Waals surface area contributed by atoms with E-state index < -0.39 is 5.97 Å². The molecule has 110 valence electrons. The van der Waals surface area contributed by atoms with Gasteiger partial charge in [0, 0.05) is 11.6 Å². The summed E-state index contributed by atoms with van der Waals surface area (Å²) < 4.78 is 0. The Morgan fingerprint density at radius 1 is 1.38 bits per heavy atom. The third-order valence-corrected chi connectivity index (χ3v) is 4.08. The maximum absolute atomic E-state index is 12.1. The average molecular weight is 304 g/mol. The number of benzene rings is 1. The van der Waals surface area contributed by atoms with E-state index in [0.29, 0.717) is 16.1 Å². The van der Waals surface area contributed by atoms with Crippen molar-refractivity contribution >= 4 is 28.9 Å². The van der Waals surface area contributed by atoms with Gasteiger partial charge in [0.2, 0.25) is 0 Å². The van der Waals surface area contributed by atoms with Crippen molar-refractivity contribution in [2.24, 2.45) is 0 Å². The minimum atomic E-state index is -0.900. The number of aliphatic carboxylic acids is 1. The summed E-state index contributed by atoms with van der Waals surface area (Å²) in [5, 5.41) is 12.5. The SMILES string of the molecule is CC(C)c1ncc(C(=O)Nc2cccc(CC(=O)O)c2)s1. The number of anilines is 1. The molecular formula is C15H16N2O3S. The number of carbonyl (C=O) groups excluding carboxylic acids is 1. The van der Waals surface area contributed by atoms with E-state index in [1.807, 2.05) is 13.8 Å². The largest absolute Gasteiger partial charge is 0.481 e. The van der Waals surface area contributed by atoms with E-state index in [-0.39, 0.29) is 18.2 Å². The number of carbonyl (C=O) groups is 2. The Hall–Kier alpha value is -2.21. The second kappa shape index (κ2) is 6.49. The molecule has 0 unspecified atom stereocenters. The smallest absolute Gasteiger partial charge is 0.307 e. The summed E-state index contributed by atoms with van der Waals surface area (Å²) in [6.45, 7) is 4.05. The van der Waals surface area contributed by atoms with Crippen LogP contribution in [0.1, 0.15) is 40.0 Å². The van der Waals surface area contributed by atoms with E-state index in [0.717, 1.165) is 5.01 Å². The molecule has 0 aliphatic rings. The summed E-state index contributed by atoms with van der Waals surface area (Å²) in [5.74, 6) is -0.843. The fourth-order valence-electron chi connectivity index (χ4n) is 1.79. The number of hydrogen-bond donors (Lipinski definition) is 2. The fourth-order valence-corrected chi connectivity index (χ4v) is 2.60. The minimum absolute atomic E-state index is 0.0677. The lowest BCUT2D eigenvalue weighted by Gasteiger charge is -2.05. The summed E-state index contributed by atoms with van der Waals surface area (Å²) in [6.07, 6.45) is 1.50. The van der Waals surface area contributed by atoms with Gasteiger partial charge in [0.15, 0.2) is 0 Å². The quantitative estimate of drug-likeness (QED) is 0.889. The zero-order chi connectivity index (χ0) is 15.4. The summed E-state index contributed by atoms with van der Waals surface area (Å²) in [5.41, 5.74) is 1.23. The zero-order valence-electron chi connectivity index (χ0n) is 11.8. The molecule has 1 aromatic heterocycles. The number of nitrogens with zero attached hydrogens (tertiary/aromatic N) is 1. The van der Waals surface area contributed by atoms with Gasteiger partial charge in [-0.2, -0.15) is 0 Å². The first-order valence-electron chi connectivity index (χ1n) is 6.53. The minimum Gasteiger partial charge on any atom is -0.481 e. The number of rotatable bonds is 5. The summed E-state index contributed by atoms with van der Waals surface area (Å²) in [6, 6.07) is 6.83. The normalized spacial score (nSPS) is 10.6. The molecule has 0 fully saturated rings. The van der Waals surface area contributed by atoms with Crippen LogP contribution in [0.4, 0.5) is 5.69 Å². The molecule has 2 N–H and O–H groups in total. The van der Waals surface area contributed by atoms with Crippen LogP contribution < -0.4 is 5.32 Å². The summed E-state index contributed by atoms with van der Waals surface area (Å²) in [7, 11) is 0. The first-order valence-corrected chi connectivity index (χ1v) is 7.35. The number of hydrogen-bond acceptors (Lipinski definition) is 4. The van der Waals surface area contributed by atoms with E-state index in [4.69, 9.17) is 5.11 Å². The van der Waals surface area contributed by atoms with Gasteiger partial charge >= 0.3 is 5.97 Å². The van der Waals surface area contributed by atoms with E-state index in [1.165, 1.54) is 11.3 Å². The molecule has 0 aliphatic heterocycles. The van der Waals surface area contributed by atoms with Gasteiger partial charge in [-0.05, 0) is 17.7 Å². The molecule has 0 bridgehead atoms. The Labute approximate surface area is 126 Å². The van der Waals surface area contributed by atoms with Crippen molar-refractivity contribution in [2.45, 2.75) is 26.2 Å². The van der Waals surface area contributed by atoms with Crippen LogP contribution in [0, 0.1) is 0 Å². The molecule has 21 heavy (non-hydrogen) atoms. The molecule has 5 nitrogen and oxygen atoms in total. The fraction of sp³-hybridized carbons (Fsp3) is 0.267. The molecule has 0 radical (unpaired) electrons. The van der Waals surface area contributed by atoms with Crippen LogP contribution in [-0.2, 0) is 11.2 Å². The number of nitrogens with one attached hydrogen (secondary N) is 1. The van der Waals surface area contributed by atoms with Gasteiger partial charge in [0.05, 0.1) is 17.6 Å². The van der Waals surface area contributed by atoms with Gasteiger partial charge in [-0.3, -0.25) is 9.59 Å². The first kappa shape index (κ1) is 15.2. The first-order chi connectivity index (χ1) is 9.95. The van der Waals surface area contributed by atoms with Crippen LogP contribution in [0.25, 0.3) is 0 Å². The standard InChI is InChI=1S/C15H16N2O3S/c1-9(2)15-16-8-12(21-15)14(20)17-11-5-3-4-10(6-11)7-13(18)19/h3-6,8-9H,7H2,1-2H3,(H,17,20)(H,18,19). The number of aromatic nitrogens is 1. The zero-order valence-corrected chi connectivity index (χ0v) is 12.6. The molecule has 1 heterocycles. The van der Waals surface area contributed by atoms with E-state index in [9.17, 15) is 9.59 Å². The van der Waals surface area contributed by atoms with Gasteiger partial charge in [0.25, 0.3) is 5.91 Å². The monoisotopic (exact) mass is 304 g/mol. The molecule has 0 saturated heterocycles.